The average molecular weight is 236 g/mol. The molecular formula is C12H16N2O3. The quantitative estimate of drug-likeness (QED) is 0.819. The first-order chi connectivity index (χ1) is 8.08. The van der Waals surface area contributed by atoms with E-state index in [0.29, 0.717) is 5.75 Å². The average Bonchev–Trinajstić information content (AvgIpc) is 2.75. The van der Waals surface area contributed by atoms with Crippen molar-refractivity contribution in [1.82, 2.24) is 5.32 Å². The summed E-state index contributed by atoms with van der Waals surface area (Å²) < 4.78 is 10.5. The molecule has 3 N–H and O–H groups in total. The number of carbonyl (C=O) groups excluding carboxylic acids is 1. The Morgan fingerprint density at radius 3 is 2.76 bits per heavy atom. The summed E-state index contributed by atoms with van der Waals surface area (Å²) in [5.41, 5.74) is 6.46. The van der Waals surface area contributed by atoms with Crippen LogP contribution in [-0.4, -0.2) is 18.7 Å². The van der Waals surface area contributed by atoms with Crippen LogP contribution in [-0.2, 0) is 4.79 Å². The maximum atomic E-state index is 11.5. The molecule has 0 aliphatic carbocycles. The van der Waals surface area contributed by atoms with Crippen LogP contribution >= 0.6 is 0 Å². The van der Waals surface area contributed by atoms with E-state index in [4.69, 9.17) is 15.2 Å². The molecule has 0 radical (unpaired) electrons. The Morgan fingerprint density at radius 2 is 2.06 bits per heavy atom. The molecule has 1 heterocycles. The first kappa shape index (κ1) is 11.7. The topological polar surface area (TPSA) is 73.6 Å². The van der Waals surface area contributed by atoms with Gasteiger partial charge in [0.05, 0.1) is 12.1 Å². The van der Waals surface area contributed by atoms with E-state index in [1.807, 2.05) is 25.1 Å². The van der Waals surface area contributed by atoms with Crippen LogP contribution < -0.4 is 20.5 Å². The van der Waals surface area contributed by atoms with Gasteiger partial charge in [-0.05, 0) is 31.5 Å². The molecule has 1 aliphatic rings. The summed E-state index contributed by atoms with van der Waals surface area (Å²) in [6.45, 7) is 3.80. The molecule has 92 valence electrons. The summed E-state index contributed by atoms with van der Waals surface area (Å²) in [5, 5.41) is 2.83. The maximum Gasteiger partial charge on any atom is 0.237 e. The van der Waals surface area contributed by atoms with Gasteiger partial charge in [0.2, 0.25) is 12.7 Å². The zero-order valence-corrected chi connectivity index (χ0v) is 9.90. The van der Waals surface area contributed by atoms with Crippen LogP contribution in [0.1, 0.15) is 25.5 Å². The van der Waals surface area contributed by atoms with Crippen molar-refractivity contribution in [2.45, 2.75) is 25.9 Å². The number of amides is 1. The van der Waals surface area contributed by atoms with Crippen molar-refractivity contribution in [1.29, 1.82) is 0 Å². The van der Waals surface area contributed by atoms with Crippen LogP contribution in [0.15, 0.2) is 18.2 Å². The number of hydrogen-bond donors (Lipinski definition) is 2. The van der Waals surface area contributed by atoms with Gasteiger partial charge in [-0.25, -0.2) is 0 Å². The lowest BCUT2D eigenvalue weighted by atomic mass is 10.1. The molecule has 0 unspecified atom stereocenters. The zero-order valence-electron chi connectivity index (χ0n) is 9.90. The van der Waals surface area contributed by atoms with E-state index >= 15 is 0 Å². The Hall–Kier alpha value is -1.75. The van der Waals surface area contributed by atoms with Crippen LogP contribution in [0.4, 0.5) is 0 Å². The molecule has 1 aromatic rings. The Balaban J connectivity index is 2.09. The molecule has 0 saturated carbocycles. The number of benzene rings is 1. The van der Waals surface area contributed by atoms with Crippen molar-refractivity contribution in [2.24, 2.45) is 5.73 Å². The second-order valence-electron chi connectivity index (χ2n) is 4.13. The lowest BCUT2D eigenvalue weighted by Gasteiger charge is -2.16. The van der Waals surface area contributed by atoms with Gasteiger partial charge in [0.25, 0.3) is 0 Å². The molecule has 0 fully saturated rings. The number of ether oxygens (including phenoxy) is 2. The Kier molecular flexibility index (Phi) is 3.19. The minimum atomic E-state index is -0.508. The van der Waals surface area contributed by atoms with Gasteiger partial charge in [-0.1, -0.05) is 6.07 Å². The fraction of sp³-hybridized carbons (Fsp3) is 0.417. The van der Waals surface area contributed by atoms with Crippen LogP contribution in [0.25, 0.3) is 0 Å². The number of rotatable bonds is 3. The summed E-state index contributed by atoms with van der Waals surface area (Å²) in [6, 6.07) is 5.00. The molecular weight excluding hydrogens is 220 g/mol. The van der Waals surface area contributed by atoms with Crippen molar-refractivity contribution < 1.29 is 14.3 Å². The van der Waals surface area contributed by atoms with Gasteiger partial charge in [0.15, 0.2) is 11.5 Å². The highest BCUT2D eigenvalue weighted by Gasteiger charge is 2.17. The summed E-state index contributed by atoms with van der Waals surface area (Å²) in [4.78, 5) is 11.5. The summed E-state index contributed by atoms with van der Waals surface area (Å²) in [6.07, 6.45) is 0. The molecule has 2 atom stereocenters. The van der Waals surface area contributed by atoms with Gasteiger partial charge in [-0.2, -0.15) is 0 Å². The van der Waals surface area contributed by atoms with E-state index in [1.165, 1.54) is 0 Å². The maximum absolute atomic E-state index is 11.5. The molecule has 0 aromatic heterocycles. The zero-order chi connectivity index (χ0) is 12.4. The molecule has 1 amide bonds. The molecule has 0 saturated heterocycles. The van der Waals surface area contributed by atoms with Gasteiger partial charge < -0.3 is 20.5 Å². The van der Waals surface area contributed by atoms with E-state index in [-0.39, 0.29) is 18.7 Å². The highest BCUT2D eigenvalue weighted by Crippen LogP contribution is 2.34. The normalized spacial score (nSPS) is 16.4. The summed E-state index contributed by atoms with van der Waals surface area (Å²) in [5.74, 6) is 1.28. The predicted octanol–water partition coefficient (Wildman–Crippen LogP) is 0.940. The molecule has 2 rings (SSSR count). The third-order valence-electron chi connectivity index (χ3n) is 2.67. The van der Waals surface area contributed by atoms with Crippen LogP contribution in [0.2, 0.25) is 0 Å². The van der Waals surface area contributed by atoms with Gasteiger partial charge in [-0.3, -0.25) is 4.79 Å². The van der Waals surface area contributed by atoms with Gasteiger partial charge in [-0.15, -0.1) is 0 Å². The first-order valence-electron chi connectivity index (χ1n) is 5.53. The van der Waals surface area contributed by atoms with Crippen molar-refractivity contribution in [3.63, 3.8) is 0 Å². The number of fused-ring (bicyclic) bond motifs is 1. The molecule has 1 aromatic carbocycles. The second kappa shape index (κ2) is 4.63. The van der Waals surface area contributed by atoms with Crippen LogP contribution in [0, 0.1) is 0 Å². The van der Waals surface area contributed by atoms with Crippen molar-refractivity contribution >= 4 is 5.91 Å². The summed E-state index contributed by atoms with van der Waals surface area (Å²) >= 11 is 0. The number of hydrogen-bond acceptors (Lipinski definition) is 4. The smallest absolute Gasteiger partial charge is 0.237 e. The van der Waals surface area contributed by atoms with Crippen molar-refractivity contribution in [3.8, 4) is 11.5 Å². The van der Waals surface area contributed by atoms with Gasteiger partial charge in [0, 0.05) is 0 Å². The van der Waals surface area contributed by atoms with E-state index in [9.17, 15) is 4.79 Å². The van der Waals surface area contributed by atoms with Crippen molar-refractivity contribution in [2.75, 3.05) is 6.79 Å². The third kappa shape index (κ3) is 2.50. The SMILES string of the molecule is C[C@@H](N)C(=O)N[C@H](C)c1ccc2c(c1)OCO2. The third-order valence-corrected chi connectivity index (χ3v) is 2.67. The predicted molar refractivity (Wildman–Crippen MR) is 62.8 cm³/mol. The monoisotopic (exact) mass is 236 g/mol. The number of nitrogens with two attached hydrogens (primary N) is 1. The number of nitrogens with one attached hydrogen (secondary N) is 1. The highest BCUT2D eigenvalue weighted by atomic mass is 16.7. The fourth-order valence-corrected chi connectivity index (χ4v) is 1.61. The second-order valence-corrected chi connectivity index (χ2v) is 4.13. The Morgan fingerprint density at radius 1 is 1.35 bits per heavy atom. The molecule has 5 nitrogen and oxygen atoms in total. The molecule has 5 heteroatoms. The van der Waals surface area contributed by atoms with Crippen molar-refractivity contribution in [3.05, 3.63) is 23.8 Å². The van der Waals surface area contributed by atoms with E-state index < -0.39 is 6.04 Å². The van der Waals surface area contributed by atoms with Crippen LogP contribution in [0.5, 0.6) is 11.5 Å². The Bertz CT molecular complexity index is 432. The molecule has 0 spiro atoms. The van der Waals surface area contributed by atoms with Crippen LogP contribution in [0.3, 0.4) is 0 Å². The van der Waals surface area contributed by atoms with E-state index in [0.717, 1.165) is 11.3 Å². The van der Waals surface area contributed by atoms with Gasteiger partial charge >= 0.3 is 0 Å². The lowest BCUT2D eigenvalue weighted by molar-refractivity contribution is -0.122. The van der Waals surface area contributed by atoms with E-state index in [2.05, 4.69) is 5.32 Å². The molecule has 17 heavy (non-hydrogen) atoms. The summed E-state index contributed by atoms with van der Waals surface area (Å²) in [7, 11) is 0. The largest absolute Gasteiger partial charge is 0.454 e. The van der Waals surface area contributed by atoms with E-state index in [1.54, 1.807) is 6.92 Å². The first-order valence-corrected chi connectivity index (χ1v) is 5.53. The van der Waals surface area contributed by atoms with Gasteiger partial charge in [0.1, 0.15) is 0 Å². The minimum absolute atomic E-state index is 0.108. The lowest BCUT2D eigenvalue weighted by Crippen LogP contribution is -2.39. The molecule has 1 aliphatic heterocycles. The standard InChI is InChI=1S/C12H16N2O3/c1-7(13)12(15)14-8(2)9-3-4-10-11(5-9)17-6-16-10/h3-5,7-8H,6,13H2,1-2H3,(H,14,15)/t7-,8-/m1/s1. The Labute approximate surface area is 99.9 Å². The molecule has 0 bridgehead atoms. The fourth-order valence-electron chi connectivity index (χ4n) is 1.61. The number of carbonyl (C=O) groups is 1. The minimum Gasteiger partial charge on any atom is -0.454 e. The highest BCUT2D eigenvalue weighted by molar-refractivity contribution is 5.81.